The summed E-state index contributed by atoms with van der Waals surface area (Å²) in [5.74, 6) is -1.17. The number of carbonyl (C=O) groups is 1. The van der Waals surface area contributed by atoms with Crippen LogP contribution in [0.2, 0.25) is 0 Å². The molecular formula is C14H16FN3O2. The Balaban J connectivity index is 2.13. The minimum atomic E-state index is -0.669. The minimum absolute atomic E-state index is 0.0481. The smallest absolute Gasteiger partial charge is 0.229 e. The number of benzene rings is 1. The third-order valence-corrected chi connectivity index (χ3v) is 3.22. The molecule has 0 aliphatic carbocycles. The first-order valence-corrected chi connectivity index (χ1v) is 6.16. The number of nitrogens with zero attached hydrogens (tertiary/aromatic N) is 2. The Labute approximate surface area is 116 Å². The van der Waals surface area contributed by atoms with Gasteiger partial charge in [-0.25, -0.2) is 4.39 Å². The van der Waals surface area contributed by atoms with Gasteiger partial charge in [0.15, 0.2) is 0 Å². The maximum Gasteiger partial charge on any atom is 0.229 e. The summed E-state index contributed by atoms with van der Waals surface area (Å²) < 4.78 is 15.2. The Morgan fingerprint density at radius 1 is 1.45 bits per heavy atom. The number of phenols is 1. The van der Waals surface area contributed by atoms with E-state index >= 15 is 0 Å². The van der Waals surface area contributed by atoms with Gasteiger partial charge in [-0.2, -0.15) is 5.10 Å². The summed E-state index contributed by atoms with van der Waals surface area (Å²) in [5.41, 5.74) is 2.58. The van der Waals surface area contributed by atoms with Crippen LogP contribution in [0.5, 0.6) is 5.75 Å². The van der Waals surface area contributed by atoms with E-state index in [2.05, 4.69) is 10.4 Å². The summed E-state index contributed by atoms with van der Waals surface area (Å²) >= 11 is 0. The van der Waals surface area contributed by atoms with Crippen LogP contribution in [-0.4, -0.2) is 20.8 Å². The number of halogens is 1. The van der Waals surface area contributed by atoms with Crippen LogP contribution in [-0.2, 0) is 18.3 Å². The number of nitrogens with one attached hydrogen (secondary N) is 1. The van der Waals surface area contributed by atoms with E-state index in [4.69, 9.17) is 5.11 Å². The summed E-state index contributed by atoms with van der Waals surface area (Å²) in [6, 6.07) is 3.60. The first-order chi connectivity index (χ1) is 9.38. The Morgan fingerprint density at radius 3 is 2.70 bits per heavy atom. The van der Waals surface area contributed by atoms with E-state index < -0.39 is 5.82 Å². The lowest BCUT2D eigenvalue weighted by Gasteiger charge is -2.07. The molecule has 0 atom stereocenters. The third-order valence-electron chi connectivity index (χ3n) is 3.22. The van der Waals surface area contributed by atoms with Crippen LogP contribution in [0.1, 0.15) is 17.0 Å². The topological polar surface area (TPSA) is 67.2 Å². The molecule has 0 fully saturated rings. The van der Waals surface area contributed by atoms with E-state index in [9.17, 15) is 9.18 Å². The van der Waals surface area contributed by atoms with Crippen LogP contribution in [0.25, 0.3) is 0 Å². The number of carbonyl (C=O) groups excluding carboxylic acids is 1. The number of amides is 1. The quantitative estimate of drug-likeness (QED) is 0.844. The van der Waals surface area contributed by atoms with Gasteiger partial charge in [-0.3, -0.25) is 9.48 Å². The number of phenolic OH excluding ortho intramolecular Hbond substituents is 1. The number of aromatic hydroxyl groups is 1. The van der Waals surface area contributed by atoms with Crippen LogP contribution < -0.4 is 5.32 Å². The molecule has 0 bridgehead atoms. The third kappa shape index (κ3) is 2.79. The number of hydrogen-bond acceptors (Lipinski definition) is 3. The molecule has 0 unspecified atom stereocenters. The van der Waals surface area contributed by atoms with Crippen LogP contribution >= 0.6 is 0 Å². The fourth-order valence-electron chi connectivity index (χ4n) is 2.03. The SMILES string of the molecule is Cc1nn(C)c(C)c1CC(=O)Nc1ccc(O)cc1F. The molecule has 20 heavy (non-hydrogen) atoms. The van der Waals surface area contributed by atoms with Gasteiger partial charge in [-0.1, -0.05) is 0 Å². The maximum absolute atomic E-state index is 13.5. The van der Waals surface area contributed by atoms with Crippen molar-refractivity contribution in [2.24, 2.45) is 7.05 Å². The van der Waals surface area contributed by atoms with Gasteiger partial charge < -0.3 is 10.4 Å². The zero-order valence-electron chi connectivity index (χ0n) is 11.6. The molecule has 1 heterocycles. The van der Waals surface area contributed by atoms with Crippen molar-refractivity contribution in [3.05, 3.63) is 41.0 Å². The second kappa shape index (κ2) is 5.32. The molecule has 0 saturated carbocycles. The molecule has 1 aromatic carbocycles. The van der Waals surface area contributed by atoms with Crippen LogP contribution in [0.4, 0.5) is 10.1 Å². The summed E-state index contributed by atoms with van der Waals surface area (Å²) in [6.45, 7) is 3.71. The van der Waals surface area contributed by atoms with E-state index in [-0.39, 0.29) is 23.8 Å². The van der Waals surface area contributed by atoms with Crippen molar-refractivity contribution in [1.29, 1.82) is 0 Å². The van der Waals surface area contributed by atoms with Crippen molar-refractivity contribution in [1.82, 2.24) is 9.78 Å². The highest BCUT2D eigenvalue weighted by Gasteiger charge is 2.14. The number of aryl methyl sites for hydroxylation is 2. The molecule has 0 spiro atoms. The molecule has 0 aliphatic heterocycles. The maximum atomic E-state index is 13.5. The fraction of sp³-hybridized carbons (Fsp3) is 0.286. The molecule has 1 aromatic heterocycles. The molecule has 2 aromatic rings. The molecule has 5 nitrogen and oxygen atoms in total. The van der Waals surface area contributed by atoms with Gasteiger partial charge in [0.05, 0.1) is 17.8 Å². The number of aromatic nitrogens is 2. The number of hydrogen-bond donors (Lipinski definition) is 2. The normalized spacial score (nSPS) is 10.6. The second-order valence-electron chi connectivity index (χ2n) is 4.66. The summed E-state index contributed by atoms with van der Waals surface area (Å²) in [4.78, 5) is 12.0. The van der Waals surface area contributed by atoms with Crippen LogP contribution in [0.3, 0.4) is 0 Å². The van der Waals surface area contributed by atoms with Crippen molar-refractivity contribution in [2.45, 2.75) is 20.3 Å². The fourth-order valence-corrected chi connectivity index (χ4v) is 2.03. The van der Waals surface area contributed by atoms with Gasteiger partial charge in [-0.15, -0.1) is 0 Å². The van der Waals surface area contributed by atoms with Crippen molar-refractivity contribution in [3.63, 3.8) is 0 Å². The van der Waals surface area contributed by atoms with Crippen molar-refractivity contribution < 1.29 is 14.3 Å². The lowest BCUT2D eigenvalue weighted by Crippen LogP contribution is -2.16. The molecule has 0 aliphatic rings. The number of anilines is 1. The van der Waals surface area contributed by atoms with Crippen LogP contribution in [0.15, 0.2) is 18.2 Å². The van der Waals surface area contributed by atoms with Crippen molar-refractivity contribution >= 4 is 11.6 Å². The van der Waals surface area contributed by atoms with E-state index in [1.165, 1.54) is 12.1 Å². The summed E-state index contributed by atoms with van der Waals surface area (Å²) in [7, 11) is 1.81. The number of rotatable bonds is 3. The molecule has 0 saturated heterocycles. The van der Waals surface area contributed by atoms with Gasteiger partial charge in [-0.05, 0) is 26.0 Å². The minimum Gasteiger partial charge on any atom is -0.508 e. The summed E-state index contributed by atoms with van der Waals surface area (Å²) in [6.07, 6.45) is 0.131. The first kappa shape index (κ1) is 14.0. The van der Waals surface area contributed by atoms with Gasteiger partial charge in [0.25, 0.3) is 0 Å². The largest absolute Gasteiger partial charge is 0.508 e. The zero-order chi connectivity index (χ0) is 14.9. The Bertz CT molecular complexity index is 665. The van der Waals surface area contributed by atoms with Crippen molar-refractivity contribution in [3.8, 4) is 5.75 Å². The van der Waals surface area contributed by atoms with E-state index in [1.54, 1.807) is 4.68 Å². The molecule has 6 heteroatoms. The molecular weight excluding hydrogens is 261 g/mol. The Morgan fingerprint density at radius 2 is 2.15 bits per heavy atom. The second-order valence-corrected chi connectivity index (χ2v) is 4.66. The van der Waals surface area contributed by atoms with E-state index in [0.29, 0.717) is 0 Å². The highest BCUT2D eigenvalue weighted by atomic mass is 19.1. The van der Waals surface area contributed by atoms with Gasteiger partial charge in [0.1, 0.15) is 11.6 Å². The summed E-state index contributed by atoms with van der Waals surface area (Å²) in [5, 5.41) is 15.8. The highest BCUT2D eigenvalue weighted by molar-refractivity contribution is 5.92. The van der Waals surface area contributed by atoms with E-state index in [1.807, 2.05) is 20.9 Å². The van der Waals surface area contributed by atoms with E-state index in [0.717, 1.165) is 23.0 Å². The monoisotopic (exact) mass is 277 g/mol. The molecule has 0 radical (unpaired) electrons. The van der Waals surface area contributed by atoms with Crippen molar-refractivity contribution in [2.75, 3.05) is 5.32 Å². The average molecular weight is 277 g/mol. The van der Waals surface area contributed by atoms with Gasteiger partial charge >= 0.3 is 0 Å². The molecule has 1 amide bonds. The standard InChI is InChI=1S/C14H16FN3O2/c1-8-11(9(2)18(3)17-8)7-14(20)16-13-5-4-10(19)6-12(13)15/h4-6,19H,7H2,1-3H3,(H,16,20). The molecule has 106 valence electrons. The van der Waals surface area contributed by atoms with Gasteiger partial charge in [0, 0.05) is 24.4 Å². The predicted molar refractivity (Wildman–Crippen MR) is 73.1 cm³/mol. The Kier molecular flexibility index (Phi) is 3.74. The first-order valence-electron chi connectivity index (χ1n) is 6.16. The predicted octanol–water partition coefficient (Wildman–Crippen LogP) is 2.06. The highest BCUT2D eigenvalue weighted by Crippen LogP contribution is 2.20. The molecule has 2 rings (SSSR count). The average Bonchev–Trinajstić information content (AvgIpc) is 2.60. The zero-order valence-corrected chi connectivity index (χ0v) is 11.6. The van der Waals surface area contributed by atoms with Gasteiger partial charge in [0.2, 0.25) is 5.91 Å². The lowest BCUT2D eigenvalue weighted by molar-refractivity contribution is -0.115. The molecule has 2 N–H and O–H groups in total. The van der Waals surface area contributed by atoms with Crippen LogP contribution in [0, 0.1) is 19.7 Å². The Hall–Kier alpha value is -2.37. The lowest BCUT2D eigenvalue weighted by atomic mass is 10.1.